The van der Waals surface area contributed by atoms with Gasteiger partial charge in [0.25, 0.3) is 0 Å². The third-order valence-corrected chi connectivity index (χ3v) is 4.45. The molecule has 0 aromatic carbocycles. The average molecular weight is 273 g/mol. The van der Waals surface area contributed by atoms with E-state index in [-0.39, 0.29) is 5.41 Å². The number of hydrogen-bond acceptors (Lipinski definition) is 4. The number of nitrogens with one attached hydrogen (secondary N) is 1. The second-order valence-corrected chi connectivity index (χ2v) is 5.94. The summed E-state index contributed by atoms with van der Waals surface area (Å²) < 4.78 is 2.16. The highest BCUT2D eigenvalue weighted by atomic mass is 15.3. The minimum atomic E-state index is 0.154. The van der Waals surface area contributed by atoms with Crippen molar-refractivity contribution in [1.82, 2.24) is 24.9 Å². The first-order valence-corrected chi connectivity index (χ1v) is 7.57. The van der Waals surface area contributed by atoms with Gasteiger partial charge in [0.2, 0.25) is 0 Å². The molecule has 3 rings (SSSR count). The molecule has 5 nitrogen and oxygen atoms in total. The van der Waals surface area contributed by atoms with Gasteiger partial charge in [-0.3, -0.25) is 4.40 Å². The SMILES string of the molecule is CCCC1(c2nnc3cc(C)nc(C)n23)CCNCC1. The van der Waals surface area contributed by atoms with Crippen LogP contribution in [0.25, 0.3) is 5.65 Å². The Labute approximate surface area is 119 Å². The number of aryl methyl sites for hydroxylation is 2. The van der Waals surface area contributed by atoms with Crippen molar-refractivity contribution in [3.05, 3.63) is 23.4 Å². The van der Waals surface area contributed by atoms with Crippen molar-refractivity contribution in [3.8, 4) is 0 Å². The number of hydrogen-bond donors (Lipinski definition) is 1. The maximum absolute atomic E-state index is 4.59. The predicted octanol–water partition coefficient (Wildman–Crippen LogP) is 2.16. The zero-order valence-corrected chi connectivity index (χ0v) is 12.6. The molecule has 0 bridgehead atoms. The third-order valence-electron chi connectivity index (χ3n) is 4.45. The standard InChI is InChI=1S/C15H23N5/c1-4-5-15(6-8-16-9-7-15)14-19-18-13-10-11(2)17-12(3)20(13)14/h10,16H,4-9H2,1-3H3. The second kappa shape index (κ2) is 5.13. The van der Waals surface area contributed by atoms with E-state index in [9.17, 15) is 0 Å². The van der Waals surface area contributed by atoms with Gasteiger partial charge in [-0.05, 0) is 46.2 Å². The first kappa shape index (κ1) is 13.5. The summed E-state index contributed by atoms with van der Waals surface area (Å²) in [4.78, 5) is 4.59. The van der Waals surface area contributed by atoms with E-state index in [1.54, 1.807) is 0 Å². The molecule has 0 spiro atoms. The molecule has 0 saturated carbocycles. The van der Waals surface area contributed by atoms with Gasteiger partial charge in [0.15, 0.2) is 5.65 Å². The van der Waals surface area contributed by atoms with E-state index in [0.717, 1.165) is 48.9 Å². The predicted molar refractivity (Wildman–Crippen MR) is 78.9 cm³/mol. The van der Waals surface area contributed by atoms with Gasteiger partial charge in [0, 0.05) is 17.2 Å². The van der Waals surface area contributed by atoms with Crippen molar-refractivity contribution in [2.24, 2.45) is 0 Å². The smallest absolute Gasteiger partial charge is 0.164 e. The summed E-state index contributed by atoms with van der Waals surface area (Å²) in [5.41, 5.74) is 2.09. The van der Waals surface area contributed by atoms with E-state index in [0.29, 0.717) is 0 Å². The van der Waals surface area contributed by atoms with Gasteiger partial charge in [0.05, 0.1) is 0 Å². The second-order valence-electron chi connectivity index (χ2n) is 5.94. The maximum atomic E-state index is 4.59. The summed E-state index contributed by atoms with van der Waals surface area (Å²) in [6, 6.07) is 2.02. The number of aromatic nitrogens is 4. The lowest BCUT2D eigenvalue weighted by Gasteiger charge is -2.36. The minimum Gasteiger partial charge on any atom is -0.317 e. The van der Waals surface area contributed by atoms with E-state index in [1.807, 2.05) is 19.9 Å². The molecule has 0 atom stereocenters. The topological polar surface area (TPSA) is 55.1 Å². The fourth-order valence-corrected chi connectivity index (χ4v) is 3.55. The fraction of sp³-hybridized carbons (Fsp3) is 0.667. The van der Waals surface area contributed by atoms with Gasteiger partial charge in [-0.1, -0.05) is 13.3 Å². The Hall–Kier alpha value is -1.49. The monoisotopic (exact) mass is 273 g/mol. The molecule has 0 radical (unpaired) electrons. The fourth-order valence-electron chi connectivity index (χ4n) is 3.55. The van der Waals surface area contributed by atoms with Crippen LogP contribution in [0.15, 0.2) is 6.07 Å². The van der Waals surface area contributed by atoms with E-state index in [4.69, 9.17) is 0 Å². The van der Waals surface area contributed by atoms with Crippen molar-refractivity contribution in [2.45, 2.75) is 51.9 Å². The van der Waals surface area contributed by atoms with Gasteiger partial charge in [-0.25, -0.2) is 4.98 Å². The summed E-state index contributed by atoms with van der Waals surface area (Å²) in [6.07, 6.45) is 4.61. The van der Waals surface area contributed by atoms with Crippen LogP contribution in [0.4, 0.5) is 0 Å². The van der Waals surface area contributed by atoms with Crippen molar-refractivity contribution in [2.75, 3.05) is 13.1 Å². The quantitative estimate of drug-likeness (QED) is 0.931. The molecule has 3 heterocycles. The van der Waals surface area contributed by atoms with Crippen LogP contribution in [0, 0.1) is 13.8 Å². The number of piperidine rings is 1. The highest BCUT2D eigenvalue weighted by molar-refractivity contribution is 5.41. The van der Waals surface area contributed by atoms with Crippen LogP contribution in [-0.2, 0) is 5.41 Å². The Morgan fingerprint density at radius 1 is 1.25 bits per heavy atom. The molecule has 1 fully saturated rings. The van der Waals surface area contributed by atoms with Crippen LogP contribution in [-0.4, -0.2) is 32.7 Å². The molecule has 1 aliphatic heterocycles. The summed E-state index contributed by atoms with van der Waals surface area (Å²) in [5.74, 6) is 2.11. The largest absolute Gasteiger partial charge is 0.317 e. The van der Waals surface area contributed by atoms with E-state index < -0.39 is 0 Å². The van der Waals surface area contributed by atoms with E-state index in [2.05, 4.69) is 31.8 Å². The molecule has 20 heavy (non-hydrogen) atoms. The molecule has 2 aromatic heterocycles. The lowest BCUT2D eigenvalue weighted by Crippen LogP contribution is -2.41. The van der Waals surface area contributed by atoms with Crippen molar-refractivity contribution >= 4 is 5.65 Å². The summed E-state index contributed by atoms with van der Waals surface area (Å²) in [5, 5.41) is 12.4. The molecule has 0 unspecified atom stereocenters. The van der Waals surface area contributed by atoms with Gasteiger partial charge in [-0.15, -0.1) is 10.2 Å². The van der Waals surface area contributed by atoms with Crippen LogP contribution in [0.1, 0.15) is 49.9 Å². The molecule has 108 valence electrons. The zero-order chi connectivity index (χ0) is 14.2. The normalized spacial score (nSPS) is 18.6. The first-order chi connectivity index (χ1) is 9.66. The van der Waals surface area contributed by atoms with Gasteiger partial charge >= 0.3 is 0 Å². The Kier molecular flexibility index (Phi) is 3.46. The third kappa shape index (κ3) is 2.10. The highest BCUT2D eigenvalue weighted by Crippen LogP contribution is 2.37. The number of nitrogens with zero attached hydrogens (tertiary/aromatic N) is 4. The molecule has 2 aromatic rings. The van der Waals surface area contributed by atoms with Crippen molar-refractivity contribution in [1.29, 1.82) is 0 Å². The van der Waals surface area contributed by atoms with Crippen LogP contribution in [0.5, 0.6) is 0 Å². The van der Waals surface area contributed by atoms with Crippen molar-refractivity contribution in [3.63, 3.8) is 0 Å². The Balaban J connectivity index is 2.16. The van der Waals surface area contributed by atoms with Gasteiger partial charge in [0.1, 0.15) is 11.6 Å². The Bertz CT molecular complexity index is 604. The molecule has 0 amide bonds. The van der Waals surface area contributed by atoms with Gasteiger partial charge in [-0.2, -0.15) is 0 Å². The van der Waals surface area contributed by atoms with Crippen LogP contribution < -0.4 is 5.32 Å². The van der Waals surface area contributed by atoms with Crippen LogP contribution >= 0.6 is 0 Å². The summed E-state index contributed by atoms with van der Waals surface area (Å²) in [6.45, 7) is 8.43. The number of rotatable bonds is 3. The van der Waals surface area contributed by atoms with E-state index in [1.165, 1.54) is 12.8 Å². The average Bonchev–Trinajstić information content (AvgIpc) is 2.84. The molecule has 1 saturated heterocycles. The molecule has 1 aliphatic rings. The minimum absolute atomic E-state index is 0.154. The Morgan fingerprint density at radius 3 is 2.70 bits per heavy atom. The maximum Gasteiger partial charge on any atom is 0.164 e. The lowest BCUT2D eigenvalue weighted by atomic mass is 9.74. The summed E-state index contributed by atoms with van der Waals surface area (Å²) >= 11 is 0. The molecular weight excluding hydrogens is 250 g/mol. The Morgan fingerprint density at radius 2 is 2.00 bits per heavy atom. The first-order valence-electron chi connectivity index (χ1n) is 7.57. The molecule has 1 N–H and O–H groups in total. The van der Waals surface area contributed by atoms with E-state index >= 15 is 0 Å². The summed E-state index contributed by atoms with van der Waals surface area (Å²) in [7, 11) is 0. The van der Waals surface area contributed by atoms with Crippen LogP contribution in [0.2, 0.25) is 0 Å². The highest BCUT2D eigenvalue weighted by Gasteiger charge is 2.37. The lowest BCUT2D eigenvalue weighted by molar-refractivity contribution is 0.268. The van der Waals surface area contributed by atoms with Crippen LogP contribution in [0.3, 0.4) is 0 Å². The zero-order valence-electron chi connectivity index (χ0n) is 12.6. The van der Waals surface area contributed by atoms with Gasteiger partial charge < -0.3 is 5.32 Å². The molecular formula is C15H23N5. The van der Waals surface area contributed by atoms with Crippen molar-refractivity contribution < 1.29 is 0 Å². The number of fused-ring (bicyclic) bond motifs is 1. The molecule has 5 heteroatoms. The molecule has 0 aliphatic carbocycles.